The second-order valence-corrected chi connectivity index (χ2v) is 4.89. The first kappa shape index (κ1) is 13.3. The molecule has 2 rings (SSSR count). The molecule has 1 unspecified atom stereocenters. The molecule has 1 aromatic carbocycles. The van der Waals surface area contributed by atoms with Gasteiger partial charge in [-0.1, -0.05) is 17.7 Å². The molecule has 1 saturated heterocycles. The molecule has 98 valence electrons. The number of benzene rings is 1. The number of rotatable bonds is 5. The molecule has 1 aliphatic rings. The van der Waals surface area contributed by atoms with Gasteiger partial charge in [0.25, 0.3) is 0 Å². The summed E-state index contributed by atoms with van der Waals surface area (Å²) in [6.07, 6.45) is 2.37. The maximum atomic E-state index is 11.0. The molecule has 0 bridgehead atoms. The minimum atomic E-state index is -0.473. The number of hydrogen-bond donors (Lipinski definition) is 2. The van der Waals surface area contributed by atoms with Gasteiger partial charge in [0, 0.05) is 16.6 Å². The van der Waals surface area contributed by atoms with Crippen molar-refractivity contribution < 1.29 is 9.53 Å². The number of nitrogens with one attached hydrogen (secondary N) is 1. The van der Waals surface area contributed by atoms with Gasteiger partial charge in [0.05, 0.1) is 13.2 Å². The van der Waals surface area contributed by atoms with Crippen LogP contribution in [0.3, 0.4) is 0 Å². The summed E-state index contributed by atoms with van der Waals surface area (Å²) in [6, 6.07) is 5.48. The molecule has 1 fully saturated rings. The van der Waals surface area contributed by atoms with Crippen molar-refractivity contribution in [3.8, 4) is 0 Å². The summed E-state index contributed by atoms with van der Waals surface area (Å²) >= 11 is 6.07. The largest absolute Gasteiger partial charge is 0.375 e. The highest BCUT2D eigenvalue weighted by molar-refractivity contribution is 6.31. The first-order valence-electron chi connectivity index (χ1n) is 6.06. The Morgan fingerprint density at radius 1 is 1.56 bits per heavy atom. The maximum Gasteiger partial charge on any atom is 0.248 e. The molecule has 1 amide bonds. The lowest BCUT2D eigenvalue weighted by atomic mass is 10.1. The number of carbonyl (C=O) groups is 1. The molecule has 1 aromatic rings. The van der Waals surface area contributed by atoms with Crippen molar-refractivity contribution in [2.24, 2.45) is 5.73 Å². The van der Waals surface area contributed by atoms with E-state index in [1.54, 1.807) is 18.2 Å². The van der Waals surface area contributed by atoms with Gasteiger partial charge in [-0.05, 0) is 37.1 Å². The van der Waals surface area contributed by atoms with Crippen molar-refractivity contribution >= 4 is 17.5 Å². The minimum absolute atomic E-state index is 0.418. The van der Waals surface area contributed by atoms with Crippen LogP contribution < -0.4 is 11.1 Å². The van der Waals surface area contributed by atoms with Gasteiger partial charge in [0.1, 0.15) is 0 Å². The van der Waals surface area contributed by atoms with Gasteiger partial charge in [-0.25, -0.2) is 0 Å². The van der Waals surface area contributed by atoms with Crippen molar-refractivity contribution in [2.45, 2.75) is 25.5 Å². The van der Waals surface area contributed by atoms with E-state index in [4.69, 9.17) is 22.1 Å². The molecule has 1 atom stereocenters. The van der Waals surface area contributed by atoms with Crippen LogP contribution in [0.4, 0.5) is 0 Å². The quantitative estimate of drug-likeness (QED) is 0.854. The van der Waals surface area contributed by atoms with Crippen LogP contribution in [0.5, 0.6) is 0 Å². The van der Waals surface area contributed by atoms with Crippen LogP contribution in [0.15, 0.2) is 18.2 Å². The first-order chi connectivity index (χ1) is 8.66. The number of hydrogen-bond acceptors (Lipinski definition) is 3. The lowest BCUT2D eigenvalue weighted by Crippen LogP contribution is -2.26. The first-order valence-corrected chi connectivity index (χ1v) is 6.44. The molecule has 1 aliphatic heterocycles. The molecule has 0 spiro atoms. The number of amides is 1. The molecular weight excluding hydrogens is 252 g/mol. The summed E-state index contributed by atoms with van der Waals surface area (Å²) in [5.41, 5.74) is 6.47. The van der Waals surface area contributed by atoms with Crippen molar-refractivity contribution in [2.75, 3.05) is 13.2 Å². The lowest BCUT2D eigenvalue weighted by molar-refractivity contribution is 0.0998. The fraction of sp³-hybridized carbons (Fsp3) is 0.462. The van der Waals surface area contributed by atoms with Crippen molar-refractivity contribution in [3.05, 3.63) is 34.3 Å². The molecule has 0 aliphatic carbocycles. The molecule has 1 heterocycles. The van der Waals surface area contributed by atoms with E-state index in [0.717, 1.165) is 18.5 Å². The Hall–Kier alpha value is -1.10. The van der Waals surface area contributed by atoms with E-state index in [0.29, 0.717) is 29.8 Å². The monoisotopic (exact) mass is 268 g/mol. The van der Waals surface area contributed by atoms with E-state index in [1.807, 2.05) is 0 Å². The van der Waals surface area contributed by atoms with Gasteiger partial charge in [0.15, 0.2) is 0 Å². The van der Waals surface area contributed by atoms with Crippen LogP contribution in [0, 0.1) is 0 Å². The molecule has 0 radical (unpaired) electrons. The highest BCUT2D eigenvalue weighted by Crippen LogP contribution is 2.19. The Labute approximate surface area is 111 Å². The summed E-state index contributed by atoms with van der Waals surface area (Å²) in [7, 11) is 0. The Bertz CT molecular complexity index is 431. The maximum absolute atomic E-state index is 11.0. The number of primary amides is 1. The van der Waals surface area contributed by atoms with E-state index in [1.165, 1.54) is 6.42 Å². The average Bonchev–Trinajstić information content (AvgIpc) is 2.84. The fourth-order valence-corrected chi connectivity index (χ4v) is 2.26. The van der Waals surface area contributed by atoms with E-state index < -0.39 is 5.91 Å². The summed E-state index contributed by atoms with van der Waals surface area (Å²) in [5.74, 6) is -0.473. The number of nitrogens with two attached hydrogens (primary N) is 1. The second-order valence-electron chi connectivity index (χ2n) is 4.48. The lowest BCUT2D eigenvalue weighted by Gasteiger charge is -2.11. The predicted molar refractivity (Wildman–Crippen MR) is 70.7 cm³/mol. The molecule has 4 nitrogen and oxygen atoms in total. The zero-order valence-corrected chi connectivity index (χ0v) is 10.9. The van der Waals surface area contributed by atoms with Crippen LogP contribution in [0.25, 0.3) is 0 Å². The third kappa shape index (κ3) is 3.45. The Morgan fingerprint density at radius 2 is 2.39 bits per heavy atom. The van der Waals surface area contributed by atoms with Crippen LogP contribution in [-0.2, 0) is 11.3 Å². The van der Waals surface area contributed by atoms with Crippen molar-refractivity contribution in [1.82, 2.24) is 5.32 Å². The Morgan fingerprint density at radius 3 is 3.00 bits per heavy atom. The fourth-order valence-electron chi connectivity index (χ4n) is 2.03. The molecule has 0 saturated carbocycles. The normalized spacial score (nSPS) is 19.1. The summed E-state index contributed by atoms with van der Waals surface area (Å²) in [5, 5.41) is 3.88. The molecule has 3 N–H and O–H groups in total. The zero-order chi connectivity index (χ0) is 13.0. The second kappa shape index (κ2) is 6.18. The molecular formula is C13H17ClN2O2. The van der Waals surface area contributed by atoms with E-state index in [2.05, 4.69) is 5.32 Å². The SMILES string of the molecule is NC(=O)c1ccc(COCC2CCCN2)c(Cl)c1. The smallest absolute Gasteiger partial charge is 0.248 e. The standard InChI is InChI=1S/C13H17ClN2O2/c14-12-6-9(13(15)17)3-4-10(12)7-18-8-11-2-1-5-16-11/h3-4,6,11,16H,1-2,5,7-8H2,(H2,15,17). The zero-order valence-electron chi connectivity index (χ0n) is 10.1. The predicted octanol–water partition coefficient (Wildman–Crippen LogP) is 1.71. The highest BCUT2D eigenvalue weighted by Gasteiger charge is 2.14. The van der Waals surface area contributed by atoms with Crippen molar-refractivity contribution in [1.29, 1.82) is 0 Å². The summed E-state index contributed by atoms with van der Waals surface area (Å²) in [4.78, 5) is 11.0. The Kier molecular flexibility index (Phi) is 4.58. The summed E-state index contributed by atoms with van der Waals surface area (Å²) in [6.45, 7) is 2.21. The van der Waals surface area contributed by atoms with Gasteiger partial charge in [-0.15, -0.1) is 0 Å². The third-order valence-corrected chi connectivity index (χ3v) is 3.43. The number of halogens is 1. The summed E-state index contributed by atoms with van der Waals surface area (Å²) < 4.78 is 5.62. The van der Waals surface area contributed by atoms with Crippen LogP contribution in [-0.4, -0.2) is 25.1 Å². The van der Waals surface area contributed by atoms with E-state index in [9.17, 15) is 4.79 Å². The van der Waals surface area contributed by atoms with Crippen LogP contribution in [0.2, 0.25) is 5.02 Å². The van der Waals surface area contributed by atoms with Crippen molar-refractivity contribution in [3.63, 3.8) is 0 Å². The van der Waals surface area contributed by atoms with Gasteiger partial charge in [-0.2, -0.15) is 0 Å². The topological polar surface area (TPSA) is 64.4 Å². The number of carbonyl (C=O) groups excluding carboxylic acids is 1. The average molecular weight is 269 g/mol. The van der Waals surface area contributed by atoms with Gasteiger partial charge in [0.2, 0.25) is 5.91 Å². The number of ether oxygens (including phenoxy) is 1. The molecule has 0 aromatic heterocycles. The van der Waals surface area contributed by atoms with Gasteiger partial charge >= 0.3 is 0 Å². The Balaban J connectivity index is 1.87. The molecule has 18 heavy (non-hydrogen) atoms. The van der Waals surface area contributed by atoms with E-state index in [-0.39, 0.29) is 0 Å². The van der Waals surface area contributed by atoms with Gasteiger partial charge in [-0.3, -0.25) is 4.79 Å². The van der Waals surface area contributed by atoms with Gasteiger partial charge < -0.3 is 15.8 Å². The minimum Gasteiger partial charge on any atom is -0.375 e. The van der Waals surface area contributed by atoms with Crippen LogP contribution in [0.1, 0.15) is 28.8 Å². The third-order valence-electron chi connectivity index (χ3n) is 3.08. The molecule has 5 heteroatoms. The highest BCUT2D eigenvalue weighted by atomic mass is 35.5. The van der Waals surface area contributed by atoms with E-state index >= 15 is 0 Å². The van der Waals surface area contributed by atoms with Crippen LogP contribution >= 0.6 is 11.6 Å².